The highest BCUT2D eigenvalue weighted by Gasteiger charge is 2.20. The number of carbonyl (C=O) groups excluding carboxylic acids is 1. The van der Waals surface area contributed by atoms with Crippen molar-refractivity contribution in [1.82, 2.24) is 24.3 Å². The normalized spacial score (nSPS) is 11.5. The molecule has 0 unspecified atom stereocenters. The first-order chi connectivity index (χ1) is 20.3. The number of anilines is 1. The quantitative estimate of drug-likeness (QED) is 0.187. The summed E-state index contributed by atoms with van der Waals surface area (Å²) in [5.74, 6) is 0.633. The van der Waals surface area contributed by atoms with Crippen molar-refractivity contribution in [1.29, 1.82) is 0 Å². The van der Waals surface area contributed by atoms with Crippen LogP contribution in [0.5, 0.6) is 0 Å². The van der Waals surface area contributed by atoms with Gasteiger partial charge in [-0.15, -0.1) is 0 Å². The molecule has 9 nitrogen and oxygen atoms in total. The van der Waals surface area contributed by atoms with Gasteiger partial charge in [0.2, 0.25) is 5.91 Å². The van der Waals surface area contributed by atoms with Gasteiger partial charge in [-0.3, -0.25) is 14.5 Å². The smallest absolute Gasteiger partial charge is 0.307 e. The molecule has 0 saturated carbocycles. The fourth-order valence-electron chi connectivity index (χ4n) is 5.45. The van der Waals surface area contributed by atoms with E-state index in [0.29, 0.717) is 32.0 Å². The Balaban J connectivity index is 1.59. The third kappa shape index (κ3) is 7.85. The summed E-state index contributed by atoms with van der Waals surface area (Å²) in [5.41, 5.74) is 10.6. The van der Waals surface area contributed by atoms with E-state index in [9.17, 15) is 14.7 Å². The van der Waals surface area contributed by atoms with Crippen LogP contribution in [-0.2, 0) is 35.5 Å². The molecule has 0 aliphatic rings. The van der Waals surface area contributed by atoms with Gasteiger partial charge in [0.1, 0.15) is 11.3 Å². The van der Waals surface area contributed by atoms with Gasteiger partial charge in [-0.2, -0.15) is 0 Å². The van der Waals surface area contributed by atoms with E-state index in [1.807, 2.05) is 54.4 Å². The number of aliphatic carboxylic acids is 1. The Morgan fingerprint density at radius 3 is 2.48 bits per heavy atom. The number of para-hydroxylation sites is 1. The molecule has 0 spiro atoms. The molecule has 0 saturated heterocycles. The van der Waals surface area contributed by atoms with Crippen LogP contribution >= 0.6 is 0 Å². The van der Waals surface area contributed by atoms with Gasteiger partial charge in [-0.05, 0) is 50.0 Å². The van der Waals surface area contributed by atoms with Crippen LogP contribution in [0.15, 0.2) is 48.5 Å². The average Bonchev–Trinajstić information content (AvgIpc) is 3.33. The maximum atomic E-state index is 13.6. The van der Waals surface area contributed by atoms with Gasteiger partial charge in [0, 0.05) is 31.4 Å². The number of benzene rings is 2. The lowest BCUT2D eigenvalue weighted by atomic mass is 10.1. The predicted octanol–water partition coefficient (Wildman–Crippen LogP) is 5.29. The molecule has 9 heteroatoms. The molecule has 0 bridgehead atoms. The molecule has 42 heavy (non-hydrogen) atoms. The summed E-state index contributed by atoms with van der Waals surface area (Å²) in [6.45, 7) is 7.22. The Morgan fingerprint density at radius 2 is 1.71 bits per heavy atom. The number of pyridine rings is 1. The maximum absolute atomic E-state index is 13.6. The van der Waals surface area contributed by atoms with E-state index in [0.717, 1.165) is 84.0 Å². The van der Waals surface area contributed by atoms with Crippen molar-refractivity contribution in [2.75, 3.05) is 32.4 Å². The van der Waals surface area contributed by atoms with Crippen LogP contribution in [0.2, 0.25) is 0 Å². The molecule has 2 heterocycles. The van der Waals surface area contributed by atoms with Crippen LogP contribution in [0, 0.1) is 0 Å². The number of amides is 1. The number of carboxylic acid groups (broad SMARTS) is 1. The number of likely N-dealkylation sites (N-methyl/N-ethyl adjacent to an activating group) is 1. The minimum atomic E-state index is -0.868. The first kappa shape index (κ1) is 31.0. The molecular formula is C33H44N6O3. The number of hydrogen-bond donors (Lipinski definition) is 2. The molecule has 0 atom stereocenters. The number of nitrogen functional groups attached to an aromatic ring is 1. The number of aryl methyl sites for hydroxylation is 2. The van der Waals surface area contributed by atoms with E-state index in [1.165, 1.54) is 0 Å². The third-order valence-corrected chi connectivity index (χ3v) is 7.62. The number of fused-ring (bicyclic) bond motifs is 3. The van der Waals surface area contributed by atoms with Crippen LogP contribution in [0.4, 0.5) is 5.82 Å². The van der Waals surface area contributed by atoms with Gasteiger partial charge in [0.15, 0.2) is 5.82 Å². The molecule has 2 aromatic carbocycles. The van der Waals surface area contributed by atoms with Crippen LogP contribution in [-0.4, -0.2) is 68.0 Å². The lowest BCUT2D eigenvalue weighted by Crippen LogP contribution is -2.39. The number of hydrogen-bond acceptors (Lipinski definition) is 6. The Labute approximate surface area is 248 Å². The SMILES string of the molecule is CCCCc1nc2c(N)nc3ccccc3c2n1CCCN(Cc1cccc(CC(=O)O)c1)C(=O)CN(C)CCCC. The molecule has 1 amide bonds. The van der Waals surface area contributed by atoms with Crippen molar-refractivity contribution in [3.05, 3.63) is 65.5 Å². The molecule has 4 aromatic rings. The van der Waals surface area contributed by atoms with E-state index in [2.05, 4.69) is 34.4 Å². The topological polar surface area (TPSA) is 118 Å². The lowest BCUT2D eigenvalue weighted by molar-refractivity contribution is -0.136. The minimum absolute atomic E-state index is 0.0400. The molecule has 0 fully saturated rings. The Bertz CT molecular complexity index is 1510. The van der Waals surface area contributed by atoms with Crippen LogP contribution in [0.3, 0.4) is 0 Å². The predicted molar refractivity (Wildman–Crippen MR) is 168 cm³/mol. The second-order valence-corrected chi connectivity index (χ2v) is 11.1. The third-order valence-electron chi connectivity index (χ3n) is 7.62. The number of imidazole rings is 1. The molecule has 4 rings (SSSR count). The number of nitrogens with two attached hydrogens (primary N) is 1. The van der Waals surface area contributed by atoms with E-state index in [1.54, 1.807) is 0 Å². The number of nitrogens with zero attached hydrogens (tertiary/aromatic N) is 5. The summed E-state index contributed by atoms with van der Waals surface area (Å²) < 4.78 is 2.27. The standard InChI is InChI=1S/C33H44N6O3/c1-4-6-16-28-36-31-32(26-14-8-9-15-27(26)35-33(31)34)39(28)19-11-18-38(29(40)23-37(3)17-7-5-2)22-25-13-10-12-24(20-25)21-30(41)42/h8-10,12-15,20H,4-7,11,16-19,21-23H2,1-3H3,(H2,34,35)(H,41,42). The highest BCUT2D eigenvalue weighted by Crippen LogP contribution is 2.29. The summed E-state index contributed by atoms with van der Waals surface area (Å²) in [5, 5.41) is 10.3. The Hall–Kier alpha value is -3.98. The molecule has 0 radical (unpaired) electrons. The summed E-state index contributed by atoms with van der Waals surface area (Å²) in [4.78, 5) is 38.4. The van der Waals surface area contributed by atoms with E-state index < -0.39 is 5.97 Å². The average molecular weight is 573 g/mol. The summed E-state index contributed by atoms with van der Waals surface area (Å²) >= 11 is 0. The Kier molecular flexibility index (Phi) is 10.9. The lowest BCUT2D eigenvalue weighted by Gasteiger charge is -2.26. The van der Waals surface area contributed by atoms with Gasteiger partial charge in [-0.25, -0.2) is 9.97 Å². The number of aromatic nitrogens is 3. The van der Waals surface area contributed by atoms with Gasteiger partial charge >= 0.3 is 5.97 Å². The monoisotopic (exact) mass is 572 g/mol. The fraction of sp³-hybridized carbons (Fsp3) is 0.455. The maximum Gasteiger partial charge on any atom is 0.307 e. The zero-order valence-electron chi connectivity index (χ0n) is 25.2. The molecule has 0 aliphatic heterocycles. The second-order valence-electron chi connectivity index (χ2n) is 11.1. The zero-order valence-corrected chi connectivity index (χ0v) is 25.2. The molecule has 2 aromatic heterocycles. The molecule has 3 N–H and O–H groups in total. The minimum Gasteiger partial charge on any atom is -0.481 e. The molecule has 0 aliphatic carbocycles. The van der Waals surface area contributed by atoms with E-state index >= 15 is 0 Å². The fourth-order valence-corrected chi connectivity index (χ4v) is 5.45. The number of carbonyl (C=O) groups is 2. The Morgan fingerprint density at radius 1 is 0.952 bits per heavy atom. The second kappa shape index (κ2) is 14.8. The van der Waals surface area contributed by atoms with Crippen molar-refractivity contribution in [2.24, 2.45) is 0 Å². The van der Waals surface area contributed by atoms with E-state index in [4.69, 9.17) is 10.7 Å². The van der Waals surface area contributed by atoms with Crippen molar-refractivity contribution in [3.63, 3.8) is 0 Å². The van der Waals surface area contributed by atoms with Crippen molar-refractivity contribution >= 4 is 39.6 Å². The highest BCUT2D eigenvalue weighted by molar-refractivity contribution is 6.06. The van der Waals surface area contributed by atoms with Gasteiger partial charge in [0.25, 0.3) is 0 Å². The van der Waals surface area contributed by atoms with Crippen molar-refractivity contribution in [2.45, 2.75) is 71.9 Å². The molecular weight excluding hydrogens is 528 g/mol. The summed E-state index contributed by atoms with van der Waals surface area (Å²) in [7, 11) is 1.99. The van der Waals surface area contributed by atoms with Crippen LogP contribution in [0.1, 0.15) is 62.9 Å². The van der Waals surface area contributed by atoms with Gasteiger partial charge in [0.05, 0.1) is 24.0 Å². The number of rotatable bonds is 16. The van der Waals surface area contributed by atoms with Crippen LogP contribution in [0.25, 0.3) is 21.9 Å². The highest BCUT2D eigenvalue weighted by atomic mass is 16.4. The summed E-state index contributed by atoms with van der Waals surface area (Å²) in [6.07, 6.45) is 5.75. The van der Waals surface area contributed by atoms with Gasteiger partial charge < -0.3 is 20.3 Å². The number of unbranched alkanes of at least 4 members (excludes halogenated alkanes) is 2. The van der Waals surface area contributed by atoms with Crippen molar-refractivity contribution < 1.29 is 14.7 Å². The van der Waals surface area contributed by atoms with Crippen LogP contribution < -0.4 is 5.73 Å². The summed E-state index contributed by atoms with van der Waals surface area (Å²) in [6, 6.07) is 15.5. The van der Waals surface area contributed by atoms with E-state index in [-0.39, 0.29) is 12.3 Å². The zero-order chi connectivity index (χ0) is 30.1. The first-order valence-corrected chi connectivity index (χ1v) is 15.1. The van der Waals surface area contributed by atoms with Gasteiger partial charge in [-0.1, -0.05) is 69.2 Å². The largest absolute Gasteiger partial charge is 0.481 e. The first-order valence-electron chi connectivity index (χ1n) is 15.1. The molecule has 224 valence electrons. The van der Waals surface area contributed by atoms with Crippen molar-refractivity contribution in [3.8, 4) is 0 Å². The number of carboxylic acids is 1.